The number of sulfonamides is 1. The molecule has 1 aliphatic heterocycles. The van der Waals surface area contributed by atoms with Crippen molar-refractivity contribution in [2.75, 3.05) is 39.9 Å². The Kier molecular flexibility index (Phi) is 5.33. The number of carbonyl (C=O) groups is 1. The quantitative estimate of drug-likeness (QED) is 0.816. The number of carbonyl (C=O) groups excluding carboxylic acids is 1. The van der Waals surface area contributed by atoms with E-state index in [0.29, 0.717) is 19.7 Å². The van der Waals surface area contributed by atoms with E-state index in [1.54, 1.807) is 38.3 Å². The lowest BCUT2D eigenvalue weighted by Crippen LogP contribution is -2.50. The van der Waals surface area contributed by atoms with Crippen molar-refractivity contribution in [3.8, 4) is 5.75 Å². The standard InChI is InChI=1S/C18H22N2O5S/c1-3-25-18(21)19-8-10-20(11-9-19)26(22,23)17-7-5-14-12-16(24-2)6-4-15(14)13-17/h4-7,12-13H,3,8-11H2,1-2H3. The lowest BCUT2D eigenvalue weighted by molar-refractivity contribution is 0.0934. The minimum Gasteiger partial charge on any atom is -0.497 e. The number of rotatable bonds is 4. The Hall–Kier alpha value is -2.32. The Bertz CT molecular complexity index is 905. The number of nitrogens with zero attached hydrogens (tertiary/aromatic N) is 2. The van der Waals surface area contributed by atoms with Crippen molar-refractivity contribution in [1.82, 2.24) is 9.21 Å². The fourth-order valence-corrected chi connectivity index (χ4v) is 4.42. The lowest BCUT2D eigenvalue weighted by atomic mass is 10.1. The van der Waals surface area contributed by atoms with Gasteiger partial charge in [0.05, 0.1) is 18.6 Å². The molecule has 8 heteroatoms. The molecule has 0 N–H and O–H groups in total. The minimum absolute atomic E-state index is 0.250. The van der Waals surface area contributed by atoms with Gasteiger partial charge in [0, 0.05) is 26.2 Å². The maximum absolute atomic E-state index is 12.9. The van der Waals surface area contributed by atoms with E-state index in [4.69, 9.17) is 9.47 Å². The van der Waals surface area contributed by atoms with Crippen molar-refractivity contribution in [2.24, 2.45) is 0 Å². The Labute approximate surface area is 153 Å². The number of amides is 1. The number of fused-ring (bicyclic) bond motifs is 1. The van der Waals surface area contributed by atoms with Crippen LogP contribution in [0.15, 0.2) is 41.3 Å². The lowest BCUT2D eigenvalue weighted by Gasteiger charge is -2.33. The summed E-state index contributed by atoms with van der Waals surface area (Å²) in [6, 6.07) is 10.6. The zero-order valence-corrected chi connectivity index (χ0v) is 15.7. The van der Waals surface area contributed by atoms with Gasteiger partial charge in [-0.1, -0.05) is 12.1 Å². The molecule has 1 amide bonds. The van der Waals surface area contributed by atoms with Crippen LogP contribution in [0.4, 0.5) is 4.79 Å². The van der Waals surface area contributed by atoms with Crippen LogP contribution in [0.25, 0.3) is 10.8 Å². The molecule has 2 aromatic carbocycles. The Morgan fingerprint density at radius 3 is 2.35 bits per heavy atom. The summed E-state index contributed by atoms with van der Waals surface area (Å²) in [6.45, 7) is 3.20. The Balaban J connectivity index is 1.78. The maximum atomic E-state index is 12.9. The van der Waals surface area contributed by atoms with Gasteiger partial charge in [0.25, 0.3) is 0 Å². The van der Waals surface area contributed by atoms with Gasteiger partial charge in [0.1, 0.15) is 5.75 Å². The average Bonchev–Trinajstić information content (AvgIpc) is 2.67. The van der Waals surface area contributed by atoms with Crippen molar-refractivity contribution in [3.05, 3.63) is 36.4 Å². The molecule has 3 rings (SSSR count). The molecule has 0 saturated carbocycles. The van der Waals surface area contributed by atoms with Gasteiger partial charge in [-0.15, -0.1) is 0 Å². The van der Waals surface area contributed by atoms with Crippen LogP contribution < -0.4 is 4.74 Å². The molecule has 2 aromatic rings. The minimum atomic E-state index is -3.61. The predicted molar refractivity (Wildman–Crippen MR) is 97.9 cm³/mol. The SMILES string of the molecule is CCOC(=O)N1CCN(S(=O)(=O)c2ccc3cc(OC)ccc3c2)CC1. The largest absolute Gasteiger partial charge is 0.497 e. The third kappa shape index (κ3) is 3.61. The van der Waals surface area contributed by atoms with E-state index in [0.717, 1.165) is 16.5 Å². The van der Waals surface area contributed by atoms with Crippen LogP contribution in [0.1, 0.15) is 6.92 Å². The van der Waals surface area contributed by atoms with Gasteiger partial charge in [-0.2, -0.15) is 4.31 Å². The van der Waals surface area contributed by atoms with Gasteiger partial charge in [0.15, 0.2) is 0 Å². The van der Waals surface area contributed by atoms with Gasteiger partial charge in [-0.3, -0.25) is 0 Å². The van der Waals surface area contributed by atoms with Crippen LogP contribution in [0.3, 0.4) is 0 Å². The summed E-state index contributed by atoms with van der Waals surface area (Å²) in [4.78, 5) is 13.5. The van der Waals surface area contributed by atoms with Crippen molar-refractivity contribution in [3.63, 3.8) is 0 Å². The van der Waals surface area contributed by atoms with Crippen LogP contribution in [0.5, 0.6) is 5.75 Å². The van der Waals surface area contributed by atoms with Crippen LogP contribution in [0.2, 0.25) is 0 Å². The second kappa shape index (κ2) is 7.51. The van der Waals surface area contributed by atoms with Gasteiger partial charge in [-0.05, 0) is 42.0 Å². The van der Waals surface area contributed by atoms with E-state index in [1.165, 1.54) is 9.21 Å². The topological polar surface area (TPSA) is 76.2 Å². The maximum Gasteiger partial charge on any atom is 0.409 e. The molecule has 140 valence electrons. The molecule has 0 radical (unpaired) electrons. The van der Waals surface area contributed by atoms with E-state index in [9.17, 15) is 13.2 Å². The molecule has 0 atom stereocenters. The van der Waals surface area contributed by atoms with E-state index in [2.05, 4.69) is 0 Å². The molecule has 1 aliphatic rings. The molecule has 7 nitrogen and oxygen atoms in total. The monoisotopic (exact) mass is 378 g/mol. The molecule has 0 aromatic heterocycles. The molecule has 1 saturated heterocycles. The molecular formula is C18H22N2O5S. The summed E-state index contributed by atoms with van der Waals surface area (Å²) in [6.07, 6.45) is -0.399. The van der Waals surface area contributed by atoms with Crippen LogP contribution in [-0.2, 0) is 14.8 Å². The van der Waals surface area contributed by atoms with E-state index < -0.39 is 16.1 Å². The second-order valence-corrected chi connectivity index (χ2v) is 7.90. The zero-order valence-electron chi connectivity index (χ0n) is 14.8. The fraction of sp³-hybridized carbons (Fsp3) is 0.389. The first-order chi connectivity index (χ1) is 12.5. The Morgan fingerprint density at radius 1 is 1.04 bits per heavy atom. The highest BCUT2D eigenvalue weighted by molar-refractivity contribution is 7.89. The number of hydrogen-bond donors (Lipinski definition) is 0. The van der Waals surface area contributed by atoms with Crippen LogP contribution >= 0.6 is 0 Å². The normalized spacial score (nSPS) is 15.8. The van der Waals surface area contributed by atoms with Crippen LogP contribution in [-0.4, -0.2) is 63.6 Å². The molecule has 0 aliphatic carbocycles. The van der Waals surface area contributed by atoms with E-state index >= 15 is 0 Å². The summed E-state index contributed by atoms with van der Waals surface area (Å²) < 4.78 is 37.4. The summed E-state index contributed by atoms with van der Waals surface area (Å²) >= 11 is 0. The van der Waals surface area contributed by atoms with Crippen molar-refractivity contribution < 1.29 is 22.7 Å². The number of benzene rings is 2. The number of methoxy groups -OCH3 is 1. The second-order valence-electron chi connectivity index (χ2n) is 5.96. The summed E-state index contributed by atoms with van der Waals surface area (Å²) in [5.41, 5.74) is 0. The zero-order chi connectivity index (χ0) is 18.7. The fourth-order valence-electron chi connectivity index (χ4n) is 2.96. The number of piperazine rings is 1. The molecule has 1 fully saturated rings. The first-order valence-corrected chi connectivity index (χ1v) is 9.89. The van der Waals surface area contributed by atoms with E-state index in [-0.39, 0.29) is 18.0 Å². The van der Waals surface area contributed by atoms with Crippen molar-refractivity contribution in [1.29, 1.82) is 0 Å². The smallest absolute Gasteiger partial charge is 0.409 e. The van der Waals surface area contributed by atoms with Gasteiger partial charge in [0.2, 0.25) is 10.0 Å². The van der Waals surface area contributed by atoms with Crippen LogP contribution in [0, 0.1) is 0 Å². The third-order valence-corrected chi connectivity index (χ3v) is 6.32. The average molecular weight is 378 g/mol. The Morgan fingerprint density at radius 2 is 1.69 bits per heavy atom. The van der Waals surface area contributed by atoms with Crippen molar-refractivity contribution >= 4 is 26.9 Å². The van der Waals surface area contributed by atoms with Crippen molar-refractivity contribution in [2.45, 2.75) is 11.8 Å². The van der Waals surface area contributed by atoms with Gasteiger partial charge in [-0.25, -0.2) is 13.2 Å². The summed E-state index contributed by atoms with van der Waals surface area (Å²) in [5, 5.41) is 1.74. The molecule has 26 heavy (non-hydrogen) atoms. The first-order valence-electron chi connectivity index (χ1n) is 8.45. The highest BCUT2D eigenvalue weighted by Crippen LogP contribution is 2.25. The van der Waals surface area contributed by atoms with Gasteiger partial charge >= 0.3 is 6.09 Å². The molecule has 0 spiro atoms. The predicted octanol–water partition coefficient (Wildman–Crippen LogP) is 2.31. The molecule has 0 unspecified atom stereocenters. The third-order valence-electron chi connectivity index (χ3n) is 4.42. The van der Waals surface area contributed by atoms with E-state index in [1.807, 2.05) is 12.1 Å². The molecule has 1 heterocycles. The number of hydrogen-bond acceptors (Lipinski definition) is 5. The highest BCUT2D eigenvalue weighted by atomic mass is 32.2. The summed E-state index contributed by atoms with van der Waals surface area (Å²) in [7, 11) is -2.01. The summed E-state index contributed by atoms with van der Waals surface area (Å²) in [5.74, 6) is 0.725. The molecular weight excluding hydrogens is 356 g/mol. The highest BCUT2D eigenvalue weighted by Gasteiger charge is 2.30. The number of ether oxygens (including phenoxy) is 2. The molecule has 0 bridgehead atoms. The van der Waals surface area contributed by atoms with Gasteiger partial charge < -0.3 is 14.4 Å². The first kappa shape index (κ1) is 18.5.